The summed E-state index contributed by atoms with van der Waals surface area (Å²) in [5.41, 5.74) is 1.78. The number of benzene rings is 2. The van der Waals surface area contributed by atoms with E-state index in [9.17, 15) is 14.7 Å². The molecule has 0 aliphatic heterocycles. The number of aliphatic hydroxyl groups excluding tert-OH is 1. The topological polar surface area (TPSA) is 96.9 Å². The summed E-state index contributed by atoms with van der Waals surface area (Å²) >= 11 is 5.99. The third-order valence-electron chi connectivity index (χ3n) is 3.88. The molecule has 144 valence electrons. The van der Waals surface area contributed by atoms with Crippen molar-refractivity contribution in [2.45, 2.75) is 13.0 Å². The van der Waals surface area contributed by atoms with Crippen molar-refractivity contribution in [2.75, 3.05) is 26.1 Å². The molecule has 0 saturated heterocycles. The normalized spacial score (nSPS) is 11.4. The zero-order valence-corrected chi connectivity index (χ0v) is 16.0. The maximum absolute atomic E-state index is 12.0. The number of nitrogens with one attached hydrogen (secondary N) is 2. The molecule has 0 aliphatic carbocycles. The van der Waals surface area contributed by atoms with Gasteiger partial charge in [-0.25, -0.2) is 0 Å². The van der Waals surface area contributed by atoms with Gasteiger partial charge in [-0.05, 0) is 42.3 Å². The van der Waals surface area contributed by atoms with Crippen LogP contribution in [0.2, 0.25) is 5.02 Å². The Labute approximate surface area is 162 Å². The number of methoxy groups -OCH3 is 2. The van der Waals surface area contributed by atoms with Gasteiger partial charge in [-0.3, -0.25) is 9.59 Å². The Kier molecular flexibility index (Phi) is 7.04. The molecule has 3 N–H and O–H groups in total. The van der Waals surface area contributed by atoms with E-state index in [0.717, 1.165) is 5.56 Å². The van der Waals surface area contributed by atoms with Gasteiger partial charge < -0.3 is 25.2 Å². The molecule has 0 bridgehead atoms. The highest BCUT2D eigenvalue weighted by Gasteiger charge is 2.17. The van der Waals surface area contributed by atoms with Gasteiger partial charge in [-0.2, -0.15) is 0 Å². The predicted octanol–water partition coefficient (Wildman–Crippen LogP) is 2.45. The van der Waals surface area contributed by atoms with Crippen LogP contribution in [-0.2, 0) is 9.59 Å². The summed E-state index contributed by atoms with van der Waals surface area (Å²) in [6, 6.07) is 9.83. The van der Waals surface area contributed by atoms with Gasteiger partial charge in [0.15, 0.2) is 11.5 Å². The fourth-order valence-corrected chi connectivity index (χ4v) is 2.49. The summed E-state index contributed by atoms with van der Waals surface area (Å²) in [4.78, 5) is 23.9. The first-order chi connectivity index (χ1) is 12.8. The number of ether oxygens (including phenoxy) is 2. The van der Waals surface area contributed by atoms with Crippen LogP contribution in [0.1, 0.15) is 17.2 Å². The van der Waals surface area contributed by atoms with Crippen LogP contribution < -0.4 is 20.1 Å². The van der Waals surface area contributed by atoms with Crippen LogP contribution in [-0.4, -0.2) is 37.7 Å². The highest BCUT2D eigenvalue weighted by molar-refractivity contribution is 6.39. The summed E-state index contributed by atoms with van der Waals surface area (Å²) in [6.07, 6.45) is -1.02. The molecule has 0 heterocycles. The summed E-state index contributed by atoms with van der Waals surface area (Å²) in [7, 11) is 2.99. The number of anilines is 1. The number of carbonyl (C=O) groups excluding carboxylic acids is 2. The Hall–Kier alpha value is -2.77. The fraction of sp³-hybridized carbons (Fsp3) is 0.263. The van der Waals surface area contributed by atoms with E-state index in [1.54, 1.807) is 36.4 Å². The lowest BCUT2D eigenvalue weighted by Gasteiger charge is -2.15. The Balaban J connectivity index is 1.93. The van der Waals surface area contributed by atoms with E-state index >= 15 is 0 Å². The minimum Gasteiger partial charge on any atom is -0.493 e. The minimum absolute atomic E-state index is 0.142. The summed E-state index contributed by atoms with van der Waals surface area (Å²) in [5.74, 6) is -0.747. The van der Waals surface area contributed by atoms with E-state index in [-0.39, 0.29) is 6.54 Å². The first-order valence-electron chi connectivity index (χ1n) is 8.11. The van der Waals surface area contributed by atoms with Crippen molar-refractivity contribution in [2.24, 2.45) is 0 Å². The van der Waals surface area contributed by atoms with Crippen LogP contribution in [0, 0.1) is 6.92 Å². The van der Waals surface area contributed by atoms with E-state index in [1.807, 2.05) is 6.92 Å². The Morgan fingerprint density at radius 3 is 2.41 bits per heavy atom. The van der Waals surface area contributed by atoms with Crippen molar-refractivity contribution in [1.29, 1.82) is 0 Å². The van der Waals surface area contributed by atoms with E-state index < -0.39 is 17.9 Å². The molecule has 0 spiro atoms. The molecule has 27 heavy (non-hydrogen) atoms. The van der Waals surface area contributed by atoms with Gasteiger partial charge in [0.25, 0.3) is 0 Å². The average Bonchev–Trinajstić information content (AvgIpc) is 2.67. The zero-order chi connectivity index (χ0) is 20.0. The largest absolute Gasteiger partial charge is 0.493 e. The van der Waals surface area contributed by atoms with Crippen molar-refractivity contribution >= 4 is 29.1 Å². The van der Waals surface area contributed by atoms with Crippen LogP contribution in [0.5, 0.6) is 11.5 Å². The van der Waals surface area contributed by atoms with Gasteiger partial charge in [0, 0.05) is 17.3 Å². The van der Waals surface area contributed by atoms with Gasteiger partial charge in [0.1, 0.15) is 0 Å². The number of aliphatic hydroxyl groups is 1. The van der Waals surface area contributed by atoms with Crippen molar-refractivity contribution in [3.05, 3.63) is 52.5 Å². The minimum atomic E-state index is -1.02. The molecule has 0 fully saturated rings. The summed E-state index contributed by atoms with van der Waals surface area (Å²) in [5, 5.41) is 15.6. The van der Waals surface area contributed by atoms with Gasteiger partial charge in [0.2, 0.25) is 0 Å². The van der Waals surface area contributed by atoms with Gasteiger partial charge >= 0.3 is 11.8 Å². The van der Waals surface area contributed by atoms with Crippen molar-refractivity contribution in [3.8, 4) is 11.5 Å². The van der Waals surface area contributed by atoms with Crippen LogP contribution in [0.4, 0.5) is 5.69 Å². The molecule has 0 aliphatic rings. The molecule has 0 saturated carbocycles. The smallest absolute Gasteiger partial charge is 0.313 e. The number of aryl methyl sites for hydroxylation is 1. The molecule has 2 aromatic carbocycles. The zero-order valence-electron chi connectivity index (χ0n) is 15.2. The number of hydrogen-bond acceptors (Lipinski definition) is 5. The van der Waals surface area contributed by atoms with Crippen LogP contribution in [0.15, 0.2) is 36.4 Å². The average molecular weight is 393 g/mol. The van der Waals surface area contributed by atoms with Crippen LogP contribution in [0.25, 0.3) is 0 Å². The molecule has 0 aromatic heterocycles. The van der Waals surface area contributed by atoms with E-state index in [2.05, 4.69) is 10.6 Å². The van der Waals surface area contributed by atoms with E-state index in [4.69, 9.17) is 21.1 Å². The molecule has 0 radical (unpaired) electrons. The van der Waals surface area contributed by atoms with Gasteiger partial charge in [-0.1, -0.05) is 23.7 Å². The van der Waals surface area contributed by atoms with E-state index in [0.29, 0.717) is 27.8 Å². The third-order valence-corrected chi connectivity index (χ3v) is 4.29. The number of hydrogen-bond donors (Lipinski definition) is 3. The first-order valence-corrected chi connectivity index (χ1v) is 8.48. The first kappa shape index (κ1) is 20.5. The second-order valence-corrected chi connectivity index (χ2v) is 6.17. The fourth-order valence-electron chi connectivity index (χ4n) is 2.31. The lowest BCUT2D eigenvalue weighted by atomic mass is 10.1. The van der Waals surface area contributed by atoms with Crippen LogP contribution in [0.3, 0.4) is 0 Å². The molecule has 2 rings (SSSR count). The van der Waals surface area contributed by atoms with Crippen molar-refractivity contribution in [3.63, 3.8) is 0 Å². The third kappa shape index (κ3) is 5.35. The summed E-state index contributed by atoms with van der Waals surface area (Å²) < 4.78 is 10.3. The van der Waals surface area contributed by atoms with Gasteiger partial charge in [0.05, 0.1) is 20.3 Å². The second kappa shape index (κ2) is 9.25. The standard InChI is InChI=1S/C19H21ClN2O5/c1-11-4-6-13(9-14(11)20)22-19(25)18(24)21-10-15(23)12-5-7-16(26-2)17(8-12)27-3/h4-9,15,23H,10H2,1-3H3,(H,21,24)(H,22,25). The highest BCUT2D eigenvalue weighted by Crippen LogP contribution is 2.29. The number of rotatable bonds is 6. The Morgan fingerprint density at radius 2 is 1.78 bits per heavy atom. The maximum atomic E-state index is 12.0. The quantitative estimate of drug-likeness (QED) is 0.656. The molecule has 1 unspecified atom stereocenters. The second-order valence-electron chi connectivity index (χ2n) is 5.76. The lowest BCUT2D eigenvalue weighted by molar-refractivity contribution is -0.136. The van der Waals surface area contributed by atoms with Crippen LogP contribution >= 0.6 is 11.6 Å². The Bertz CT molecular complexity index is 841. The predicted molar refractivity (Wildman–Crippen MR) is 102 cm³/mol. The molecule has 1 atom stereocenters. The van der Waals surface area contributed by atoms with Crippen molar-refractivity contribution in [1.82, 2.24) is 5.32 Å². The van der Waals surface area contributed by atoms with Crippen molar-refractivity contribution < 1.29 is 24.2 Å². The molecule has 8 heteroatoms. The number of amides is 2. The van der Waals surface area contributed by atoms with E-state index in [1.165, 1.54) is 14.2 Å². The van der Waals surface area contributed by atoms with Gasteiger partial charge in [-0.15, -0.1) is 0 Å². The SMILES string of the molecule is COc1ccc(C(O)CNC(=O)C(=O)Nc2ccc(C)c(Cl)c2)cc1OC. The highest BCUT2D eigenvalue weighted by atomic mass is 35.5. The molecule has 2 aromatic rings. The molecule has 2 amide bonds. The molecular weight excluding hydrogens is 372 g/mol. The Morgan fingerprint density at radius 1 is 1.07 bits per heavy atom. The number of halogens is 1. The maximum Gasteiger partial charge on any atom is 0.313 e. The lowest BCUT2D eigenvalue weighted by Crippen LogP contribution is -2.37. The molecular formula is C19H21ClN2O5. The molecule has 7 nitrogen and oxygen atoms in total. The monoisotopic (exact) mass is 392 g/mol. The summed E-state index contributed by atoms with van der Waals surface area (Å²) in [6.45, 7) is 1.69. The number of carbonyl (C=O) groups is 2.